The molecule has 0 radical (unpaired) electrons. The molecule has 1 fully saturated rings. The van der Waals surface area contributed by atoms with Gasteiger partial charge in [0.1, 0.15) is 0 Å². The molecule has 4 rings (SSSR count). The smallest absolute Gasteiger partial charge is 0.248 e. The zero-order valence-electron chi connectivity index (χ0n) is 16.2. The number of nitrogens with zero attached hydrogens (tertiary/aromatic N) is 6. The Kier molecular flexibility index (Phi) is 5.78. The van der Waals surface area contributed by atoms with Crippen LogP contribution in [0, 0.1) is 5.92 Å². The number of amides is 1. The van der Waals surface area contributed by atoms with Gasteiger partial charge in [0, 0.05) is 18.4 Å². The van der Waals surface area contributed by atoms with E-state index in [1.807, 2.05) is 6.26 Å². The van der Waals surface area contributed by atoms with E-state index >= 15 is 0 Å². The van der Waals surface area contributed by atoms with Gasteiger partial charge in [0.25, 0.3) is 0 Å². The topological polar surface area (TPSA) is 98.5 Å². The molecule has 1 aliphatic rings. The highest BCUT2D eigenvalue weighted by Gasteiger charge is 2.45. The largest absolute Gasteiger partial charge is 0.300 e. The summed E-state index contributed by atoms with van der Waals surface area (Å²) in [4.78, 5) is 14.5. The fourth-order valence-corrected chi connectivity index (χ4v) is 4.84. The van der Waals surface area contributed by atoms with E-state index in [2.05, 4.69) is 30.9 Å². The lowest BCUT2D eigenvalue weighted by molar-refractivity contribution is -0.118. The Hall–Kier alpha value is -2.47. The maximum absolute atomic E-state index is 13.9. The minimum Gasteiger partial charge on any atom is -0.300 e. The van der Waals surface area contributed by atoms with Crippen LogP contribution in [-0.4, -0.2) is 48.5 Å². The molecule has 8 nitrogen and oxygen atoms in total. The number of rotatable bonds is 6. The van der Waals surface area contributed by atoms with E-state index < -0.39 is 17.8 Å². The molecule has 0 spiro atoms. The molecule has 158 valence electrons. The fourth-order valence-electron chi connectivity index (χ4n) is 3.67. The molecule has 12 heteroatoms. The van der Waals surface area contributed by atoms with E-state index in [9.17, 15) is 13.6 Å². The van der Waals surface area contributed by atoms with Crippen LogP contribution in [-0.2, 0) is 11.8 Å². The molecule has 1 saturated carbocycles. The van der Waals surface area contributed by atoms with Crippen molar-refractivity contribution in [3.63, 3.8) is 0 Å². The zero-order valence-corrected chi connectivity index (χ0v) is 17.9. The first kappa shape index (κ1) is 20.8. The van der Waals surface area contributed by atoms with Crippen molar-refractivity contribution >= 4 is 34.1 Å². The summed E-state index contributed by atoms with van der Waals surface area (Å²) in [6.45, 7) is 0. The zero-order chi connectivity index (χ0) is 21.3. The highest BCUT2D eigenvalue weighted by atomic mass is 32.2. The predicted octanol–water partition coefficient (Wildman–Crippen LogP) is 3.61. The number of hydrogen-bond donors (Lipinski definition) is 1. The molecule has 2 heterocycles. The molecule has 0 aliphatic heterocycles. The number of halogens is 2. The van der Waals surface area contributed by atoms with Crippen molar-refractivity contribution in [3.05, 3.63) is 29.8 Å². The van der Waals surface area contributed by atoms with Gasteiger partial charge >= 0.3 is 0 Å². The second kappa shape index (κ2) is 8.34. The van der Waals surface area contributed by atoms with E-state index in [4.69, 9.17) is 0 Å². The van der Waals surface area contributed by atoms with Crippen LogP contribution in [0.2, 0.25) is 0 Å². The molecule has 0 unspecified atom stereocenters. The van der Waals surface area contributed by atoms with Crippen LogP contribution < -0.4 is 5.32 Å². The summed E-state index contributed by atoms with van der Waals surface area (Å²) in [5, 5.41) is 23.0. The van der Waals surface area contributed by atoms with Crippen LogP contribution in [0.1, 0.15) is 30.7 Å². The number of alkyl halides is 2. The van der Waals surface area contributed by atoms with E-state index in [0.29, 0.717) is 16.5 Å². The minimum absolute atomic E-state index is 0.210. The lowest BCUT2D eigenvalue weighted by atomic mass is 9.83. The molecule has 3 aromatic rings. The predicted molar refractivity (Wildman–Crippen MR) is 110 cm³/mol. The van der Waals surface area contributed by atoms with Crippen LogP contribution in [0.5, 0.6) is 0 Å². The minimum atomic E-state index is -2.75. The van der Waals surface area contributed by atoms with Gasteiger partial charge in [-0.25, -0.2) is 8.78 Å². The molecule has 2 atom stereocenters. The Morgan fingerprint density at radius 2 is 2.07 bits per heavy atom. The van der Waals surface area contributed by atoms with E-state index in [1.54, 1.807) is 31.3 Å². The van der Waals surface area contributed by atoms with E-state index in [0.717, 1.165) is 9.90 Å². The highest BCUT2D eigenvalue weighted by molar-refractivity contribution is 8.00. The summed E-state index contributed by atoms with van der Waals surface area (Å²) in [7, 11) is 1.67. The SMILES string of the molecule is CSc1nnc(NC(=O)[C@H](c2ccc(-c3nnn(C)n3)cc2)[C@H]2CCC(F)(F)C2)s1. The van der Waals surface area contributed by atoms with Crippen molar-refractivity contribution in [1.29, 1.82) is 0 Å². The van der Waals surface area contributed by atoms with Gasteiger partial charge in [0.15, 0.2) is 4.34 Å². The average Bonchev–Trinajstić information content (AvgIpc) is 3.43. The Labute approximate surface area is 179 Å². The lowest BCUT2D eigenvalue weighted by Gasteiger charge is -2.23. The van der Waals surface area contributed by atoms with Gasteiger partial charge in [-0.1, -0.05) is 47.4 Å². The third-order valence-corrected chi connectivity index (χ3v) is 6.86. The monoisotopic (exact) mass is 451 g/mol. The third kappa shape index (κ3) is 4.48. The number of hydrogen-bond acceptors (Lipinski definition) is 8. The second-order valence-electron chi connectivity index (χ2n) is 7.13. The summed E-state index contributed by atoms with van der Waals surface area (Å²) < 4.78 is 28.6. The van der Waals surface area contributed by atoms with Crippen LogP contribution in [0.15, 0.2) is 28.6 Å². The van der Waals surface area contributed by atoms with Crippen LogP contribution in [0.4, 0.5) is 13.9 Å². The third-order valence-electron chi connectivity index (χ3n) is 5.04. The Bertz CT molecular complexity index is 1040. The summed E-state index contributed by atoms with van der Waals surface area (Å²) >= 11 is 2.68. The Morgan fingerprint density at radius 1 is 1.30 bits per heavy atom. The second-order valence-corrected chi connectivity index (χ2v) is 9.16. The number of thioether (sulfide) groups is 1. The van der Waals surface area contributed by atoms with Crippen molar-refractivity contribution in [2.24, 2.45) is 13.0 Å². The normalized spacial score (nSPS) is 19.0. The van der Waals surface area contributed by atoms with Gasteiger partial charge in [-0.05, 0) is 29.4 Å². The Balaban J connectivity index is 1.60. The van der Waals surface area contributed by atoms with Crippen molar-refractivity contribution in [2.75, 3.05) is 11.6 Å². The van der Waals surface area contributed by atoms with Crippen LogP contribution >= 0.6 is 23.1 Å². The first-order valence-corrected chi connectivity index (χ1v) is 11.3. The van der Waals surface area contributed by atoms with Gasteiger partial charge in [-0.2, -0.15) is 4.80 Å². The number of carbonyl (C=O) groups excluding carboxylic acids is 1. The molecule has 1 N–H and O–H groups in total. The molecule has 2 aromatic heterocycles. The molecular formula is C18H19F2N7OS2. The van der Waals surface area contributed by atoms with Crippen LogP contribution in [0.3, 0.4) is 0 Å². The van der Waals surface area contributed by atoms with Gasteiger partial charge in [0.05, 0.1) is 13.0 Å². The number of aromatic nitrogens is 6. The summed E-state index contributed by atoms with van der Waals surface area (Å²) in [6, 6.07) is 7.08. The van der Waals surface area contributed by atoms with Gasteiger partial charge in [0.2, 0.25) is 22.8 Å². The molecular weight excluding hydrogens is 432 g/mol. The number of nitrogens with one attached hydrogen (secondary N) is 1. The molecule has 1 aromatic carbocycles. The summed E-state index contributed by atoms with van der Waals surface area (Å²) in [5.74, 6) is -3.83. The summed E-state index contributed by atoms with van der Waals surface area (Å²) in [6.07, 6.45) is 1.62. The average molecular weight is 452 g/mol. The van der Waals surface area contributed by atoms with Gasteiger partial charge < -0.3 is 0 Å². The molecule has 0 bridgehead atoms. The maximum atomic E-state index is 13.9. The first-order valence-electron chi connectivity index (χ1n) is 9.25. The lowest BCUT2D eigenvalue weighted by Crippen LogP contribution is -2.27. The van der Waals surface area contributed by atoms with Crippen molar-refractivity contribution < 1.29 is 13.6 Å². The van der Waals surface area contributed by atoms with E-state index in [1.165, 1.54) is 27.9 Å². The molecule has 0 saturated heterocycles. The van der Waals surface area contributed by atoms with E-state index in [-0.39, 0.29) is 25.2 Å². The summed E-state index contributed by atoms with van der Waals surface area (Å²) in [5.41, 5.74) is 1.40. The number of benzene rings is 1. The van der Waals surface area contributed by atoms with Crippen molar-refractivity contribution in [1.82, 2.24) is 30.4 Å². The van der Waals surface area contributed by atoms with Crippen molar-refractivity contribution in [2.45, 2.75) is 35.4 Å². The van der Waals surface area contributed by atoms with Crippen molar-refractivity contribution in [3.8, 4) is 11.4 Å². The number of anilines is 1. The molecule has 30 heavy (non-hydrogen) atoms. The molecule has 1 amide bonds. The quantitative estimate of drug-likeness (QED) is 0.452. The highest BCUT2D eigenvalue weighted by Crippen LogP contribution is 2.46. The number of tetrazole rings is 1. The standard InChI is InChI=1S/C18H19F2N7OS2/c1-27-25-14(22-26-27)11-5-3-10(4-6-11)13(12-7-8-18(19,20)9-12)15(28)21-16-23-24-17(29-2)30-16/h3-6,12-13H,7-9H2,1-2H3,(H,21,23,28)/t12-,13+/m0/s1. The van der Waals surface area contributed by atoms with Gasteiger partial charge in [-0.15, -0.1) is 20.4 Å². The Morgan fingerprint density at radius 3 is 2.63 bits per heavy atom. The number of carbonyl (C=O) groups is 1. The molecule has 1 aliphatic carbocycles. The van der Waals surface area contributed by atoms with Gasteiger partial charge in [-0.3, -0.25) is 10.1 Å². The fraction of sp³-hybridized carbons (Fsp3) is 0.444. The van der Waals surface area contributed by atoms with Crippen LogP contribution in [0.25, 0.3) is 11.4 Å². The maximum Gasteiger partial charge on any atom is 0.248 e. The first-order chi connectivity index (χ1) is 14.3. The number of aryl methyl sites for hydroxylation is 1.